The number of urea groups is 1. The van der Waals surface area contributed by atoms with Gasteiger partial charge in [0.05, 0.1) is 24.4 Å². The number of nitrogens with zero attached hydrogens (tertiary/aromatic N) is 1. The lowest BCUT2D eigenvalue weighted by Crippen LogP contribution is -2.56. The highest BCUT2D eigenvalue weighted by Crippen LogP contribution is 2.38. The van der Waals surface area contributed by atoms with Gasteiger partial charge in [-0.05, 0) is 60.6 Å². The maximum Gasteiger partial charge on any atom is 0.315 e. The molecule has 1 heterocycles. The fourth-order valence-electron chi connectivity index (χ4n) is 4.46. The van der Waals surface area contributed by atoms with Gasteiger partial charge in [-0.15, -0.1) is 23.5 Å². The number of thioether (sulfide) groups is 2. The molecule has 0 radical (unpaired) electrons. The van der Waals surface area contributed by atoms with Gasteiger partial charge in [-0.2, -0.15) is 0 Å². The topological polar surface area (TPSA) is 137 Å². The van der Waals surface area contributed by atoms with Crippen molar-refractivity contribution in [1.82, 2.24) is 16.0 Å². The summed E-state index contributed by atoms with van der Waals surface area (Å²) in [7, 11) is 0. The molecular formula is C31H37N5O4S2. The maximum absolute atomic E-state index is 13.9. The van der Waals surface area contributed by atoms with Crippen LogP contribution in [0.4, 0.5) is 10.5 Å². The van der Waals surface area contributed by atoms with E-state index < -0.39 is 11.6 Å². The Bertz CT molecular complexity index is 1430. The van der Waals surface area contributed by atoms with E-state index in [0.29, 0.717) is 18.8 Å². The monoisotopic (exact) mass is 607 g/mol. The second-order valence-corrected chi connectivity index (χ2v) is 12.4. The molecule has 3 aromatic carbocycles. The number of hydrogen-bond donors (Lipinski definition) is 5. The highest BCUT2D eigenvalue weighted by atomic mass is 32.2. The Hall–Kier alpha value is -3.51. The van der Waals surface area contributed by atoms with Crippen LogP contribution in [0.1, 0.15) is 25.0 Å². The van der Waals surface area contributed by atoms with E-state index in [1.165, 1.54) is 0 Å². The van der Waals surface area contributed by atoms with Crippen molar-refractivity contribution in [2.75, 3.05) is 30.1 Å². The van der Waals surface area contributed by atoms with Crippen molar-refractivity contribution < 1.29 is 19.5 Å². The molecule has 6 N–H and O–H groups in total. The molecule has 4 amide bonds. The highest BCUT2D eigenvalue weighted by Gasteiger charge is 2.34. The number of nitrogens with one attached hydrogen (secondary N) is 3. The molecule has 3 aromatic rings. The summed E-state index contributed by atoms with van der Waals surface area (Å²) in [5, 5.41) is 17.2. The van der Waals surface area contributed by atoms with Crippen molar-refractivity contribution in [3.8, 4) is 11.1 Å². The molecule has 0 fully saturated rings. The third-order valence-electron chi connectivity index (χ3n) is 6.78. The number of aliphatic hydroxyl groups excluding tert-OH is 1. The Kier molecular flexibility index (Phi) is 10.6. The van der Waals surface area contributed by atoms with Gasteiger partial charge in [0.2, 0.25) is 5.91 Å². The van der Waals surface area contributed by atoms with Crippen molar-refractivity contribution in [3.63, 3.8) is 0 Å². The van der Waals surface area contributed by atoms with Crippen LogP contribution in [0.5, 0.6) is 0 Å². The van der Waals surface area contributed by atoms with E-state index in [9.17, 15) is 14.4 Å². The third kappa shape index (κ3) is 7.86. The Balaban J connectivity index is 1.57. The molecular weight excluding hydrogens is 571 g/mol. The van der Waals surface area contributed by atoms with Gasteiger partial charge in [-0.3, -0.25) is 9.59 Å². The summed E-state index contributed by atoms with van der Waals surface area (Å²) in [6.07, 6.45) is 2.01. The summed E-state index contributed by atoms with van der Waals surface area (Å²) in [5.41, 5.74) is 9.55. The SMILES string of the molecule is CSc1ccc2c(c1)SC[C@@H](NC(=O)C(C)(C)N)C(=O)N2Cc1ccc(-c2ccccc2CNC(=O)NCCO)cc1. The molecule has 0 spiro atoms. The zero-order valence-corrected chi connectivity index (χ0v) is 25.6. The van der Waals surface area contributed by atoms with E-state index in [4.69, 9.17) is 10.8 Å². The van der Waals surface area contributed by atoms with Gasteiger partial charge in [0.1, 0.15) is 6.04 Å². The molecule has 0 saturated carbocycles. The minimum Gasteiger partial charge on any atom is -0.395 e. The number of carbonyl (C=O) groups excluding carboxylic acids is 3. The van der Waals surface area contributed by atoms with Crippen LogP contribution in [0.25, 0.3) is 11.1 Å². The van der Waals surface area contributed by atoms with E-state index in [1.54, 1.807) is 42.3 Å². The predicted octanol–water partition coefficient (Wildman–Crippen LogP) is 3.73. The highest BCUT2D eigenvalue weighted by molar-refractivity contribution is 8.00. The first-order valence-electron chi connectivity index (χ1n) is 13.6. The fraction of sp³-hybridized carbons (Fsp3) is 0.323. The van der Waals surface area contributed by atoms with E-state index in [1.807, 2.05) is 66.9 Å². The Labute approximate surface area is 255 Å². The van der Waals surface area contributed by atoms with Gasteiger partial charge in [0.15, 0.2) is 0 Å². The maximum atomic E-state index is 13.9. The first-order chi connectivity index (χ1) is 20.1. The summed E-state index contributed by atoms with van der Waals surface area (Å²) in [5.74, 6) is -0.152. The number of amides is 4. The lowest BCUT2D eigenvalue weighted by Gasteiger charge is -2.28. The first kappa shape index (κ1) is 31.4. The van der Waals surface area contributed by atoms with Crippen LogP contribution in [0.3, 0.4) is 0 Å². The van der Waals surface area contributed by atoms with E-state index in [2.05, 4.69) is 22.0 Å². The van der Waals surface area contributed by atoms with Crippen LogP contribution in [0.15, 0.2) is 76.5 Å². The van der Waals surface area contributed by atoms with Gasteiger partial charge in [-0.25, -0.2) is 4.79 Å². The second-order valence-electron chi connectivity index (χ2n) is 10.5. The van der Waals surface area contributed by atoms with Crippen molar-refractivity contribution in [1.29, 1.82) is 0 Å². The van der Waals surface area contributed by atoms with Crippen molar-refractivity contribution in [2.45, 2.75) is 48.3 Å². The summed E-state index contributed by atoms with van der Waals surface area (Å²) in [6, 6.07) is 20.8. The lowest BCUT2D eigenvalue weighted by molar-refractivity contribution is -0.129. The largest absolute Gasteiger partial charge is 0.395 e. The van der Waals surface area contributed by atoms with Crippen molar-refractivity contribution in [3.05, 3.63) is 77.9 Å². The van der Waals surface area contributed by atoms with Gasteiger partial charge >= 0.3 is 6.03 Å². The van der Waals surface area contributed by atoms with Crippen LogP contribution in [0, 0.1) is 0 Å². The Morgan fingerprint density at radius 2 is 1.83 bits per heavy atom. The van der Waals surface area contributed by atoms with Gasteiger partial charge in [0.25, 0.3) is 5.91 Å². The second kappa shape index (κ2) is 14.1. The van der Waals surface area contributed by atoms with Crippen LogP contribution in [0.2, 0.25) is 0 Å². The quantitative estimate of drug-likeness (QED) is 0.222. The minimum atomic E-state index is -1.11. The summed E-state index contributed by atoms with van der Waals surface area (Å²) in [6.45, 7) is 3.97. The zero-order valence-electron chi connectivity index (χ0n) is 24.0. The third-order valence-corrected chi connectivity index (χ3v) is 8.64. The molecule has 1 aliphatic rings. The summed E-state index contributed by atoms with van der Waals surface area (Å²) >= 11 is 3.19. The van der Waals surface area contributed by atoms with Gasteiger partial charge < -0.3 is 31.7 Å². The van der Waals surface area contributed by atoms with Gasteiger partial charge in [0, 0.05) is 28.6 Å². The predicted molar refractivity (Wildman–Crippen MR) is 170 cm³/mol. The molecule has 1 atom stereocenters. The van der Waals surface area contributed by atoms with Crippen LogP contribution in [-0.4, -0.2) is 59.7 Å². The molecule has 0 aromatic heterocycles. The molecule has 0 saturated heterocycles. The fourth-order valence-corrected chi connectivity index (χ4v) is 6.08. The van der Waals surface area contributed by atoms with Crippen molar-refractivity contribution in [2.24, 2.45) is 5.73 Å². The number of carbonyl (C=O) groups is 3. The molecule has 9 nitrogen and oxygen atoms in total. The number of hydrogen-bond acceptors (Lipinski definition) is 7. The van der Waals surface area contributed by atoms with Crippen LogP contribution >= 0.6 is 23.5 Å². The summed E-state index contributed by atoms with van der Waals surface area (Å²) < 4.78 is 0. The zero-order chi connectivity index (χ0) is 30.3. The number of aliphatic hydroxyl groups is 1. The average molecular weight is 608 g/mol. The number of fused-ring (bicyclic) bond motifs is 1. The van der Waals surface area contributed by atoms with Crippen LogP contribution < -0.4 is 26.6 Å². The standard InChI is InChI=1S/C31H37N5O4S2/c1-31(2,32)29(39)35-25-19-42-27-16-23(41-3)12-13-26(27)36(28(25)38)18-20-8-10-21(11-9-20)24-7-5-4-6-22(24)17-34-30(40)33-14-15-37/h4-13,16,25,37H,14-15,17-19,32H2,1-3H3,(H,35,39)(H2,33,34,40)/t25-/m1/s1. The number of anilines is 1. The minimum absolute atomic E-state index is 0.121. The van der Waals surface area contributed by atoms with Crippen molar-refractivity contribution >= 4 is 47.1 Å². The molecule has 0 unspecified atom stereocenters. The molecule has 0 aliphatic carbocycles. The molecule has 11 heteroatoms. The number of benzene rings is 3. The first-order valence-corrected chi connectivity index (χ1v) is 15.8. The van der Waals surface area contributed by atoms with E-state index >= 15 is 0 Å². The van der Waals surface area contributed by atoms with Gasteiger partial charge in [-0.1, -0.05) is 48.5 Å². The Morgan fingerprint density at radius 1 is 1.10 bits per heavy atom. The summed E-state index contributed by atoms with van der Waals surface area (Å²) in [4.78, 5) is 42.3. The van der Waals surface area contributed by atoms with E-state index in [0.717, 1.165) is 37.7 Å². The normalized spacial score (nSPS) is 15.0. The lowest BCUT2D eigenvalue weighted by atomic mass is 9.98. The smallest absolute Gasteiger partial charge is 0.315 e. The number of rotatable bonds is 10. The van der Waals surface area contributed by atoms with E-state index in [-0.39, 0.29) is 31.0 Å². The molecule has 4 rings (SSSR count). The number of nitrogens with two attached hydrogens (primary N) is 1. The Morgan fingerprint density at radius 3 is 2.52 bits per heavy atom. The average Bonchev–Trinajstić information content (AvgIpc) is 3.11. The molecule has 222 valence electrons. The molecule has 1 aliphatic heterocycles. The van der Waals surface area contributed by atoms with Crippen LogP contribution in [-0.2, 0) is 22.7 Å². The molecule has 42 heavy (non-hydrogen) atoms. The molecule has 0 bridgehead atoms.